The molecule has 4 rings (SSSR count). The lowest BCUT2D eigenvalue weighted by molar-refractivity contribution is -0.118. The molecule has 7 heteroatoms. The van der Waals surface area contributed by atoms with Crippen molar-refractivity contribution in [1.29, 1.82) is 0 Å². The lowest BCUT2D eigenvalue weighted by Crippen LogP contribution is -2.41. The molecule has 0 saturated carbocycles. The molecule has 6 nitrogen and oxygen atoms in total. The van der Waals surface area contributed by atoms with Gasteiger partial charge in [0.2, 0.25) is 5.91 Å². The first-order chi connectivity index (χ1) is 14.0. The lowest BCUT2D eigenvalue weighted by Gasteiger charge is -2.19. The van der Waals surface area contributed by atoms with Crippen LogP contribution in [0.3, 0.4) is 0 Å². The van der Waals surface area contributed by atoms with E-state index in [2.05, 4.69) is 0 Å². The molecule has 146 valence electrons. The predicted molar refractivity (Wildman–Crippen MR) is 116 cm³/mol. The van der Waals surface area contributed by atoms with E-state index in [0.29, 0.717) is 15.9 Å². The number of hydrogen-bond acceptors (Lipinski definition) is 4. The van der Waals surface area contributed by atoms with Crippen LogP contribution in [0.5, 0.6) is 0 Å². The van der Waals surface area contributed by atoms with Gasteiger partial charge in [-0.1, -0.05) is 30.3 Å². The smallest absolute Gasteiger partial charge is 0.314 e. The third kappa shape index (κ3) is 3.40. The number of amides is 1. The number of benzene rings is 2. The maximum absolute atomic E-state index is 13.3. The average molecular weight is 405 g/mol. The number of likely N-dealkylation sites (N-methyl/N-ethyl adjacent to an activating group) is 1. The summed E-state index contributed by atoms with van der Waals surface area (Å²) >= 11 is 1.26. The number of thiophene rings is 1. The van der Waals surface area contributed by atoms with Crippen LogP contribution < -0.4 is 16.1 Å². The summed E-state index contributed by atoms with van der Waals surface area (Å²) in [6, 6.07) is 18.1. The summed E-state index contributed by atoms with van der Waals surface area (Å²) in [4.78, 5) is 40.7. The highest BCUT2D eigenvalue weighted by Crippen LogP contribution is 2.18. The number of nitrogens with zero attached hydrogens (tertiary/aromatic N) is 3. The topological polar surface area (TPSA) is 64.3 Å². The van der Waals surface area contributed by atoms with Crippen LogP contribution in [0.2, 0.25) is 0 Å². The van der Waals surface area contributed by atoms with E-state index in [0.717, 1.165) is 15.8 Å². The Morgan fingerprint density at radius 2 is 1.79 bits per heavy atom. The van der Waals surface area contributed by atoms with E-state index in [9.17, 15) is 14.4 Å². The summed E-state index contributed by atoms with van der Waals surface area (Å²) in [6.07, 6.45) is 0. The number of carbonyl (C=O) groups is 1. The molecule has 0 unspecified atom stereocenters. The fraction of sp³-hybridized carbons (Fsp3) is 0.136. The highest BCUT2D eigenvalue weighted by atomic mass is 32.1. The van der Waals surface area contributed by atoms with Crippen molar-refractivity contribution in [3.63, 3.8) is 0 Å². The summed E-state index contributed by atoms with van der Waals surface area (Å²) in [5, 5.41) is 1.76. The normalized spacial score (nSPS) is 11.0. The molecule has 0 saturated heterocycles. The molecule has 1 amide bonds. The quantitative estimate of drug-likeness (QED) is 0.524. The highest BCUT2D eigenvalue weighted by molar-refractivity contribution is 7.17. The molecule has 0 radical (unpaired) electrons. The van der Waals surface area contributed by atoms with Gasteiger partial charge in [-0.05, 0) is 48.2 Å². The maximum Gasteiger partial charge on any atom is 0.336 e. The summed E-state index contributed by atoms with van der Waals surface area (Å²) < 4.78 is 2.96. The van der Waals surface area contributed by atoms with E-state index in [1.54, 1.807) is 36.7 Å². The zero-order valence-corrected chi connectivity index (χ0v) is 16.8. The van der Waals surface area contributed by atoms with Crippen LogP contribution in [0.1, 0.15) is 5.56 Å². The average Bonchev–Trinajstić information content (AvgIpc) is 3.21. The van der Waals surface area contributed by atoms with Crippen molar-refractivity contribution < 1.29 is 4.79 Å². The second-order valence-corrected chi connectivity index (χ2v) is 7.69. The van der Waals surface area contributed by atoms with Crippen LogP contribution in [0.15, 0.2) is 75.6 Å². The third-order valence-corrected chi connectivity index (χ3v) is 5.72. The second kappa shape index (κ2) is 7.52. The van der Waals surface area contributed by atoms with E-state index < -0.39 is 5.69 Å². The Labute approximate surface area is 170 Å². The number of carbonyl (C=O) groups excluding carboxylic acids is 1. The zero-order valence-electron chi connectivity index (χ0n) is 16.0. The standard InChI is InChI=1S/C22H19N3O3S/c1-15-7-6-10-17(13-15)25-21(27)20-18(11-12-29-20)24(22(25)28)14-19(26)23(2)16-8-4-3-5-9-16/h3-13H,14H2,1-2H3. The van der Waals surface area contributed by atoms with Crippen molar-refractivity contribution in [3.8, 4) is 5.69 Å². The number of rotatable bonds is 4. The lowest BCUT2D eigenvalue weighted by atomic mass is 10.2. The zero-order chi connectivity index (χ0) is 20.5. The maximum atomic E-state index is 13.3. The first-order valence-electron chi connectivity index (χ1n) is 9.09. The van der Waals surface area contributed by atoms with E-state index in [1.807, 2.05) is 43.3 Å². The number of para-hydroxylation sites is 1. The number of anilines is 1. The predicted octanol–water partition coefficient (Wildman–Crippen LogP) is 3.19. The number of aromatic nitrogens is 2. The van der Waals surface area contributed by atoms with Gasteiger partial charge in [0.05, 0.1) is 11.2 Å². The van der Waals surface area contributed by atoms with Crippen molar-refractivity contribution in [3.05, 3.63) is 92.4 Å². The van der Waals surface area contributed by atoms with Gasteiger partial charge in [-0.25, -0.2) is 9.36 Å². The Kier molecular flexibility index (Phi) is 4.90. The summed E-state index contributed by atoms with van der Waals surface area (Å²) in [7, 11) is 1.67. The molecule has 0 atom stereocenters. The summed E-state index contributed by atoms with van der Waals surface area (Å²) in [5.74, 6) is -0.250. The first-order valence-corrected chi connectivity index (χ1v) is 9.97. The van der Waals surface area contributed by atoms with Gasteiger partial charge in [0.15, 0.2) is 0 Å². The van der Waals surface area contributed by atoms with Crippen LogP contribution in [0, 0.1) is 6.92 Å². The second-order valence-electron chi connectivity index (χ2n) is 6.77. The van der Waals surface area contributed by atoms with Gasteiger partial charge in [-0.15, -0.1) is 11.3 Å². The van der Waals surface area contributed by atoms with Gasteiger partial charge in [0, 0.05) is 12.7 Å². The van der Waals surface area contributed by atoms with Gasteiger partial charge < -0.3 is 4.90 Å². The summed E-state index contributed by atoms with van der Waals surface area (Å²) in [5.41, 5.74) is 1.74. The molecule has 2 heterocycles. The number of hydrogen-bond donors (Lipinski definition) is 0. The Morgan fingerprint density at radius 3 is 2.52 bits per heavy atom. The molecule has 2 aromatic carbocycles. The highest BCUT2D eigenvalue weighted by Gasteiger charge is 2.19. The van der Waals surface area contributed by atoms with Gasteiger partial charge in [-0.2, -0.15) is 0 Å². The monoisotopic (exact) mass is 405 g/mol. The third-order valence-electron chi connectivity index (χ3n) is 4.83. The van der Waals surface area contributed by atoms with E-state index in [-0.39, 0.29) is 18.0 Å². The van der Waals surface area contributed by atoms with Gasteiger partial charge in [-0.3, -0.25) is 14.2 Å². The molecule has 0 aliphatic rings. The van der Waals surface area contributed by atoms with Crippen LogP contribution in [0.4, 0.5) is 5.69 Å². The van der Waals surface area contributed by atoms with Crippen molar-refractivity contribution in [1.82, 2.24) is 9.13 Å². The first kappa shape index (κ1) is 18.9. The Hall–Kier alpha value is -3.45. The largest absolute Gasteiger partial charge is 0.336 e. The van der Waals surface area contributed by atoms with Crippen molar-refractivity contribution in [2.45, 2.75) is 13.5 Å². The number of aryl methyl sites for hydroxylation is 1. The molecule has 2 aromatic heterocycles. The SMILES string of the molecule is Cc1cccc(-n2c(=O)c3sccc3n(CC(=O)N(C)c3ccccc3)c2=O)c1. The fourth-order valence-electron chi connectivity index (χ4n) is 3.27. The fourth-order valence-corrected chi connectivity index (χ4v) is 4.10. The van der Waals surface area contributed by atoms with Gasteiger partial charge in [0.25, 0.3) is 5.56 Å². The van der Waals surface area contributed by atoms with Crippen LogP contribution in [-0.4, -0.2) is 22.1 Å². The minimum Gasteiger partial charge on any atom is -0.314 e. The molecule has 4 aromatic rings. The minimum absolute atomic E-state index is 0.163. The Morgan fingerprint density at radius 1 is 1.03 bits per heavy atom. The van der Waals surface area contributed by atoms with Gasteiger partial charge in [0.1, 0.15) is 11.2 Å². The minimum atomic E-state index is -0.527. The Balaban J connectivity index is 1.85. The molecule has 0 fully saturated rings. The van der Waals surface area contributed by atoms with Crippen LogP contribution in [0.25, 0.3) is 15.9 Å². The molecule has 0 aliphatic carbocycles. The van der Waals surface area contributed by atoms with E-state index in [1.165, 1.54) is 20.8 Å². The molecule has 0 aliphatic heterocycles. The Bertz CT molecular complexity index is 1320. The van der Waals surface area contributed by atoms with Crippen molar-refractivity contribution in [2.75, 3.05) is 11.9 Å². The van der Waals surface area contributed by atoms with E-state index >= 15 is 0 Å². The van der Waals surface area contributed by atoms with Crippen molar-refractivity contribution >= 4 is 33.1 Å². The van der Waals surface area contributed by atoms with E-state index in [4.69, 9.17) is 0 Å². The van der Waals surface area contributed by atoms with Crippen molar-refractivity contribution in [2.24, 2.45) is 0 Å². The van der Waals surface area contributed by atoms with Crippen LogP contribution >= 0.6 is 11.3 Å². The van der Waals surface area contributed by atoms with Crippen LogP contribution in [-0.2, 0) is 11.3 Å². The molecular weight excluding hydrogens is 386 g/mol. The summed E-state index contributed by atoms with van der Waals surface area (Å²) in [6.45, 7) is 1.73. The number of fused-ring (bicyclic) bond motifs is 1. The van der Waals surface area contributed by atoms with Gasteiger partial charge >= 0.3 is 5.69 Å². The molecular formula is C22H19N3O3S. The molecule has 0 N–H and O–H groups in total. The molecule has 0 bridgehead atoms. The molecule has 0 spiro atoms. The molecule has 29 heavy (non-hydrogen) atoms.